The molecule has 1 aliphatic rings. The molecule has 0 aliphatic heterocycles. The molecule has 142 valence electrons. The van der Waals surface area contributed by atoms with Gasteiger partial charge in [0.25, 0.3) is 11.1 Å². The minimum atomic E-state index is 0.0477. The number of carbonyl (C=O) groups excluding carboxylic acids is 1. The van der Waals surface area contributed by atoms with E-state index in [1.807, 2.05) is 18.5 Å². The number of thiophene rings is 2. The van der Waals surface area contributed by atoms with Crippen molar-refractivity contribution in [2.24, 2.45) is 5.92 Å². The van der Waals surface area contributed by atoms with Crippen LogP contribution in [0.5, 0.6) is 0 Å². The lowest BCUT2D eigenvalue weighted by molar-refractivity contribution is -0.127. The maximum atomic E-state index is 12.3. The molecule has 8 heteroatoms. The summed E-state index contributed by atoms with van der Waals surface area (Å²) in [5, 5.41) is 12.8. The smallest absolute Gasteiger partial charge is 0.277 e. The van der Waals surface area contributed by atoms with Crippen LogP contribution in [0.3, 0.4) is 0 Å². The molecule has 0 fully saturated rings. The van der Waals surface area contributed by atoms with Crippen LogP contribution in [-0.4, -0.2) is 33.8 Å². The van der Waals surface area contributed by atoms with E-state index in [1.165, 1.54) is 28.6 Å². The van der Waals surface area contributed by atoms with Crippen molar-refractivity contribution >= 4 is 40.3 Å². The number of hydrogen-bond donors (Lipinski definition) is 0. The number of thioether (sulfide) groups is 1. The van der Waals surface area contributed by atoms with Gasteiger partial charge in [-0.2, -0.15) is 11.3 Å². The monoisotopic (exact) mass is 419 g/mol. The summed E-state index contributed by atoms with van der Waals surface area (Å²) in [6.45, 7) is 2.92. The molecule has 3 heterocycles. The lowest BCUT2D eigenvalue weighted by atomic mass is 9.90. The molecule has 1 aliphatic carbocycles. The summed E-state index contributed by atoms with van der Waals surface area (Å²) in [7, 11) is 1.82. The highest BCUT2D eigenvalue weighted by atomic mass is 32.2. The number of nitrogens with zero attached hydrogens (tertiary/aromatic N) is 3. The highest BCUT2D eigenvalue weighted by molar-refractivity contribution is 7.99. The Labute approximate surface area is 170 Å². The second-order valence-corrected chi connectivity index (χ2v) is 9.79. The number of aromatic nitrogens is 2. The van der Waals surface area contributed by atoms with E-state index in [0.717, 1.165) is 29.2 Å². The first-order valence-electron chi connectivity index (χ1n) is 8.92. The van der Waals surface area contributed by atoms with Crippen molar-refractivity contribution in [3.8, 4) is 10.8 Å². The maximum absolute atomic E-state index is 12.3. The first-order chi connectivity index (χ1) is 13.1. The first-order valence-corrected chi connectivity index (χ1v) is 11.7. The van der Waals surface area contributed by atoms with Crippen molar-refractivity contribution in [3.63, 3.8) is 0 Å². The zero-order valence-corrected chi connectivity index (χ0v) is 17.8. The zero-order chi connectivity index (χ0) is 18.8. The number of hydrogen-bond acceptors (Lipinski definition) is 7. The van der Waals surface area contributed by atoms with Crippen LogP contribution >= 0.6 is 34.4 Å². The van der Waals surface area contributed by atoms with Gasteiger partial charge in [0.05, 0.1) is 10.6 Å². The summed E-state index contributed by atoms with van der Waals surface area (Å²) in [6.07, 6.45) is 3.52. The van der Waals surface area contributed by atoms with Crippen LogP contribution in [-0.2, 0) is 24.2 Å². The lowest BCUT2D eigenvalue weighted by Gasteiger charge is -2.16. The first kappa shape index (κ1) is 18.7. The standard InChI is InChI=1S/C19H21N3O2S3/c1-12-3-4-15-14(7-12)8-16(27-15)18-20-21-19(24-18)26-11-17(23)22(2)9-13-5-6-25-10-13/h5-6,8,10,12H,3-4,7,9,11H2,1-2H3/t12-/m0/s1. The van der Waals surface area contributed by atoms with Crippen LogP contribution in [0.25, 0.3) is 10.8 Å². The maximum Gasteiger partial charge on any atom is 0.277 e. The largest absolute Gasteiger partial charge is 0.410 e. The summed E-state index contributed by atoms with van der Waals surface area (Å²) in [5.41, 5.74) is 2.57. The SMILES string of the molecule is C[C@H]1CCc2sc(-c3nnc(SCC(=O)N(C)Cc4ccsc4)o3)cc2C1. The summed E-state index contributed by atoms with van der Waals surface area (Å²) in [5.74, 6) is 1.64. The van der Waals surface area contributed by atoms with Gasteiger partial charge in [-0.25, -0.2) is 0 Å². The van der Waals surface area contributed by atoms with Crippen LogP contribution in [0, 0.1) is 5.92 Å². The van der Waals surface area contributed by atoms with Crippen molar-refractivity contribution in [2.45, 2.75) is 38.0 Å². The predicted octanol–water partition coefficient (Wildman–Crippen LogP) is 4.74. The molecule has 1 amide bonds. The van der Waals surface area contributed by atoms with E-state index < -0.39 is 0 Å². The Balaban J connectivity index is 1.35. The Morgan fingerprint density at radius 2 is 2.33 bits per heavy atom. The average Bonchev–Trinajstić information content (AvgIpc) is 3.39. The Morgan fingerprint density at radius 3 is 3.15 bits per heavy atom. The second kappa shape index (κ2) is 8.16. The zero-order valence-electron chi connectivity index (χ0n) is 15.3. The molecule has 0 bridgehead atoms. The Bertz CT molecular complexity index is 917. The quantitative estimate of drug-likeness (QED) is 0.540. The molecule has 0 radical (unpaired) electrons. The van der Waals surface area contributed by atoms with E-state index in [0.29, 0.717) is 23.4 Å². The third-order valence-corrected chi connectivity index (χ3v) is 7.45. The van der Waals surface area contributed by atoms with Crippen LogP contribution in [0.4, 0.5) is 0 Å². The molecule has 0 aromatic carbocycles. The molecule has 27 heavy (non-hydrogen) atoms. The van der Waals surface area contributed by atoms with E-state index in [-0.39, 0.29) is 5.91 Å². The van der Waals surface area contributed by atoms with E-state index in [4.69, 9.17) is 4.42 Å². The summed E-state index contributed by atoms with van der Waals surface area (Å²) >= 11 is 4.69. The van der Waals surface area contributed by atoms with Gasteiger partial charge in [-0.15, -0.1) is 21.5 Å². The fourth-order valence-electron chi connectivity index (χ4n) is 3.16. The van der Waals surface area contributed by atoms with Gasteiger partial charge in [-0.05, 0) is 59.2 Å². The molecule has 0 unspecified atom stereocenters. The summed E-state index contributed by atoms with van der Waals surface area (Å²) < 4.78 is 5.79. The van der Waals surface area contributed by atoms with Crippen molar-refractivity contribution < 1.29 is 9.21 Å². The third-order valence-electron chi connectivity index (χ3n) is 4.69. The molecule has 3 aromatic heterocycles. The molecule has 5 nitrogen and oxygen atoms in total. The normalized spacial score (nSPS) is 16.3. The van der Waals surface area contributed by atoms with Crippen LogP contribution in [0.15, 0.2) is 32.5 Å². The topological polar surface area (TPSA) is 59.2 Å². The third kappa shape index (κ3) is 4.44. The number of rotatable bonds is 6. The van der Waals surface area contributed by atoms with Crippen molar-refractivity contribution in [2.75, 3.05) is 12.8 Å². The van der Waals surface area contributed by atoms with Gasteiger partial charge >= 0.3 is 0 Å². The number of carbonyl (C=O) groups is 1. The Morgan fingerprint density at radius 1 is 1.44 bits per heavy atom. The van der Waals surface area contributed by atoms with Crippen LogP contribution in [0.2, 0.25) is 0 Å². The lowest BCUT2D eigenvalue weighted by Crippen LogP contribution is -2.27. The molecule has 4 rings (SSSR count). The summed E-state index contributed by atoms with van der Waals surface area (Å²) in [6, 6.07) is 4.23. The van der Waals surface area contributed by atoms with Gasteiger partial charge in [0.15, 0.2) is 0 Å². The van der Waals surface area contributed by atoms with Crippen LogP contribution < -0.4 is 0 Å². The van der Waals surface area contributed by atoms with Gasteiger partial charge in [0.1, 0.15) is 0 Å². The second-order valence-electron chi connectivity index (χ2n) is 6.95. The average molecular weight is 420 g/mol. The molecule has 3 aromatic rings. The highest BCUT2D eigenvalue weighted by Crippen LogP contribution is 2.37. The van der Waals surface area contributed by atoms with Gasteiger partial charge in [0.2, 0.25) is 5.91 Å². The molecule has 1 atom stereocenters. The van der Waals surface area contributed by atoms with E-state index >= 15 is 0 Å². The van der Waals surface area contributed by atoms with Gasteiger partial charge in [-0.1, -0.05) is 18.7 Å². The van der Waals surface area contributed by atoms with Crippen molar-refractivity contribution in [1.82, 2.24) is 15.1 Å². The molecular weight excluding hydrogens is 398 g/mol. The molecule has 0 spiro atoms. The highest BCUT2D eigenvalue weighted by Gasteiger charge is 2.21. The van der Waals surface area contributed by atoms with Gasteiger partial charge < -0.3 is 9.32 Å². The summed E-state index contributed by atoms with van der Waals surface area (Å²) in [4.78, 5) is 16.5. The fraction of sp³-hybridized carbons (Fsp3) is 0.421. The minimum Gasteiger partial charge on any atom is -0.410 e. The molecule has 0 N–H and O–H groups in total. The molecule has 0 saturated heterocycles. The number of aryl methyl sites for hydroxylation is 1. The molecule has 0 saturated carbocycles. The fourth-order valence-corrected chi connectivity index (χ4v) is 5.65. The van der Waals surface area contributed by atoms with Crippen LogP contribution in [0.1, 0.15) is 29.3 Å². The van der Waals surface area contributed by atoms with Crippen molar-refractivity contribution in [1.29, 1.82) is 0 Å². The molecular formula is C19H21N3O2S3. The minimum absolute atomic E-state index is 0.0477. The number of fused-ring (bicyclic) bond motifs is 1. The predicted molar refractivity (Wildman–Crippen MR) is 110 cm³/mol. The van der Waals surface area contributed by atoms with E-state index in [2.05, 4.69) is 28.6 Å². The van der Waals surface area contributed by atoms with Gasteiger partial charge in [0, 0.05) is 18.5 Å². The number of amides is 1. The van der Waals surface area contributed by atoms with E-state index in [9.17, 15) is 4.79 Å². The van der Waals surface area contributed by atoms with E-state index in [1.54, 1.807) is 27.6 Å². The Kier molecular flexibility index (Phi) is 5.66. The van der Waals surface area contributed by atoms with Crippen molar-refractivity contribution in [3.05, 3.63) is 38.9 Å². The Hall–Kier alpha value is -1.64. The van der Waals surface area contributed by atoms with Gasteiger partial charge in [-0.3, -0.25) is 4.79 Å².